The number of carbonyl (C=O) groups is 1. The molecule has 8 nitrogen and oxygen atoms in total. The van der Waals surface area contributed by atoms with Crippen molar-refractivity contribution in [2.75, 3.05) is 6.61 Å². The van der Waals surface area contributed by atoms with E-state index in [-0.39, 0.29) is 18.9 Å². The van der Waals surface area contributed by atoms with Crippen molar-refractivity contribution < 1.29 is 18.8 Å². The fraction of sp³-hybridized carbons (Fsp3) is 0.316. The standard InChI is InChI=1S/C19H20N4O4/c1-4-16-14(18(23-27-16)13-7-6-12(3)20-10-13)11-26-17-9-8-15(21-22-17)19(24)25-5-2/h6-10H,4-5,11H2,1-3H3. The van der Waals surface area contributed by atoms with Crippen molar-refractivity contribution in [3.05, 3.63) is 53.2 Å². The van der Waals surface area contributed by atoms with Crippen molar-refractivity contribution in [1.82, 2.24) is 20.3 Å². The van der Waals surface area contributed by atoms with Gasteiger partial charge in [0.15, 0.2) is 5.69 Å². The number of pyridine rings is 1. The van der Waals surface area contributed by atoms with E-state index in [1.165, 1.54) is 6.07 Å². The predicted molar refractivity (Wildman–Crippen MR) is 96.2 cm³/mol. The van der Waals surface area contributed by atoms with Gasteiger partial charge in [0.1, 0.15) is 18.1 Å². The average molecular weight is 368 g/mol. The highest BCUT2D eigenvalue weighted by molar-refractivity contribution is 5.86. The fourth-order valence-electron chi connectivity index (χ4n) is 2.46. The first-order valence-corrected chi connectivity index (χ1v) is 8.66. The number of aromatic nitrogens is 4. The minimum absolute atomic E-state index is 0.134. The molecule has 27 heavy (non-hydrogen) atoms. The molecular weight excluding hydrogens is 348 g/mol. The largest absolute Gasteiger partial charge is 0.472 e. The van der Waals surface area contributed by atoms with Gasteiger partial charge >= 0.3 is 5.97 Å². The number of hydrogen-bond acceptors (Lipinski definition) is 8. The molecule has 0 aliphatic carbocycles. The summed E-state index contributed by atoms with van der Waals surface area (Å²) in [7, 11) is 0. The second-order valence-electron chi connectivity index (χ2n) is 5.74. The Morgan fingerprint density at radius 2 is 2.00 bits per heavy atom. The molecule has 0 N–H and O–H groups in total. The Morgan fingerprint density at radius 3 is 2.63 bits per heavy atom. The van der Waals surface area contributed by atoms with E-state index in [0.29, 0.717) is 18.0 Å². The zero-order valence-electron chi connectivity index (χ0n) is 15.4. The van der Waals surface area contributed by atoms with Crippen LogP contribution in [0.5, 0.6) is 5.88 Å². The Labute approximate surface area is 156 Å². The Kier molecular flexibility index (Phi) is 5.75. The normalized spacial score (nSPS) is 10.6. The van der Waals surface area contributed by atoms with Crippen LogP contribution >= 0.6 is 0 Å². The Balaban J connectivity index is 1.76. The van der Waals surface area contributed by atoms with Gasteiger partial charge in [-0.1, -0.05) is 12.1 Å². The minimum Gasteiger partial charge on any atom is -0.472 e. The molecule has 0 aliphatic heterocycles. The lowest BCUT2D eigenvalue weighted by molar-refractivity contribution is 0.0517. The first-order valence-electron chi connectivity index (χ1n) is 8.66. The Hall–Kier alpha value is -3.29. The van der Waals surface area contributed by atoms with Gasteiger partial charge in [0.2, 0.25) is 5.88 Å². The van der Waals surface area contributed by atoms with Gasteiger partial charge in [0, 0.05) is 29.9 Å². The molecule has 0 saturated carbocycles. The maximum atomic E-state index is 11.6. The van der Waals surface area contributed by atoms with E-state index >= 15 is 0 Å². The van der Waals surface area contributed by atoms with Crippen LogP contribution in [0, 0.1) is 6.92 Å². The van der Waals surface area contributed by atoms with Gasteiger partial charge in [-0.3, -0.25) is 4.98 Å². The third-order valence-corrected chi connectivity index (χ3v) is 3.86. The van der Waals surface area contributed by atoms with Gasteiger partial charge in [0.25, 0.3) is 0 Å². The molecule has 0 fully saturated rings. The lowest BCUT2D eigenvalue weighted by Crippen LogP contribution is -2.09. The van der Waals surface area contributed by atoms with E-state index in [2.05, 4.69) is 20.3 Å². The molecule has 140 valence electrons. The summed E-state index contributed by atoms with van der Waals surface area (Å²) in [5, 5.41) is 11.9. The smallest absolute Gasteiger partial charge is 0.358 e. The molecule has 0 spiro atoms. The lowest BCUT2D eigenvalue weighted by atomic mass is 10.1. The predicted octanol–water partition coefficient (Wildman–Crippen LogP) is 3.15. The number of nitrogens with zero attached hydrogens (tertiary/aromatic N) is 4. The van der Waals surface area contributed by atoms with Crippen molar-refractivity contribution in [3.63, 3.8) is 0 Å². The van der Waals surface area contributed by atoms with Gasteiger partial charge in [-0.05, 0) is 32.0 Å². The van der Waals surface area contributed by atoms with E-state index in [0.717, 1.165) is 22.6 Å². The van der Waals surface area contributed by atoms with Crippen molar-refractivity contribution in [1.29, 1.82) is 0 Å². The quantitative estimate of drug-likeness (QED) is 0.586. The second-order valence-corrected chi connectivity index (χ2v) is 5.74. The van der Waals surface area contributed by atoms with Crippen molar-refractivity contribution in [2.45, 2.75) is 33.8 Å². The number of rotatable bonds is 7. The van der Waals surface area contributed by atoms with E-state index < -0.39 is 5.97 Å². The third-order valence-electron chi connectivity index (χ3n) is 3.86. The molecular formula is C19H20N4O4. The molecule has 8 heteroatoms. The van der Waals surface area contributed by atoms with Crippen LogP contribution in [0.25, 0.3) is 11.3 Å². The molecule has 0 unspecified atom stereocenters. The zero-order valence-corrected chi connectivity index (χ0v) is 15.4. The van der Waals surface area contributed by atoms with Crippen LogP contribution in [0.15, 0.2) is 35.0 Å². The number of ether oxygens (including phenoxy) is 2. The van der Waals surface area contributed by atoms with Gasteiger partial charge < -0.3 is 14.0 Å². The highest BCUT2D eigenvalue weighted by Gasteiger charge is 2.18. The molecule has 3 rings (SSSR count). The Morgan fingerprint density at radius 1 is 1.15 bits per heavy atom. The second kappa shape index (κ2) is 8.39. The van der Waals surface area contributed by atoms with E-state index in [9.17, 15) is 4.79 Å². The number of hydrogen-bond donors (Lipinski definition) is 0. The zero-order chi connectivity index (χ0) is 19.2. The first kappa shape index (κ1) is 18.5. The van der Waals surface area contributed by atoms with E-state index in [1.54, 1.807) is 19.2 Å². The maximum absolute atomic E-state index is 11.6. The van der Waals surface area contributed by atoms with Crippen LogP contribution in [-0.4, -0.2) is 32.9 Å². The van der Waals surface area contributed by atoms with Crippen LogP contribution in [0.4, 0.5) is 0 Å². The van der Waals surface area contributed by atoms with Gasteiger partial charge in [-0.25, -0.2) is 4.79 Å². The number of aryl methyl sites for hydroxylation is 2. The molecule has 0 amide bonds. The monoisotopic (exact) mass is 368 g/mol. The maximum Gasteiger partial charge on any atom is 0.358 e. The van der Waals surface area contributed by atoms with E-state index in [4.69, 9.17) is 14.0 Å². The molecule has 0 aromatic carbocycles. The van der Waals surface area contributed by atoms with Gasteiger partial charge in [-0.2, -0.15) is 0 Å². The summed E-state index contributed by atoms with van der Waals surface area (Å²) in [4.78, 5) is 15.9. The number of carbonyl (C=O) groups excluding carboxylic acids is 1. The minimum atomic E-state index is -0.516. The lowest BCUT2D eigenvalue weighted by Gasteiger charge is -2.07. The summed E-state index contributed by atoms with van der Waals surface area (Å²) < 4.78 is 16.0. The van der Waals surface area contributed by atoms with Crippen LogP contribution in [0.1, 0.15) is 41.4 Å². The van der Waals surface area contributed by atoms with Crippen LogP contribution in [0.2, 0.25) is 0 Å². The summed E-state index contributed by atoms with van der Waals surface area (Å²) >= 11 is 0. The highest BCUT2D eigenvalue weighted by Crippen LogP contribution is 2.26. The molecule has 0 radical (unpaired) electrons. The van der Waals surface area contributed by atoms with Crippen molar-refractivity contribution in [3.8, 4) is 17.1 Å². The molecule has 0 bridgehead atoms. The average Bonchev–Trinajstić information content (AvgIpc) is 3.10. The van der Waals surface area contributed by atoms with Crippen molar-refractivity contribution in [2.24, 2.45) is 0 Å². The topological polar surface area (TPSA) is 100 Å². The summed E-state index contributed by atoms with van der Waals surface area (Å²) in [6, 6.07) is 6.95. The SMILES string of the molecule is CCOC(=O)c1ccc(OCc2c(-c3ccc(C)nc3)noc2CC)nn1. The molecule has 0 saturated heterocycles. The molecule has 0 atom stereocenters. The molecule has 3 heterocycles. The van der Waals surface area contributed by atoms with Gasteiger partial charge in [0.05, 0.1) is 12.2 Å². The van der Waals surface area contributed by atoms with Crippen LogP contribution < -0.4 is 4.74 Å². The molecule has 3 aromatic heterocycles. The summed E-state index contributed by atoms with van der Waals surface area (Å²) in [5.74, 6) is 0.513. The molecule has 3 aromatic rings. The summed E-state index contributed by atoms with van der Waals surface area (Å²) in [6.07, 6.45) is 2.43. The summed E-state index contributed by atoms with van der Waals surface area (Å²) in [6.45, 7) is 6.13. The first-order chi connectivity index (χ1) is 13.1. The van der Waals surface area contributed by atoms with Crippen LogP contribution in [0.3, 0.4) is 0 Å². The molecule has 0 aliphatic rings. The third kappa shape index (κ3) is 4.28. The fourth-order valence-corrected chi connectivity index (χ4v) is 2.46. The van der Waals surface area contributed by atoms with Crippen molar-refractivity contribution >= 4 is 5.97 Å². The number of esters is 1. The van der Waals surface area contributed by atoms with Gasteiger partial charge in [-0.15, -0.1) is 10.2 Å². The van der Waals surface area contributed by atoms with Crippen LogP contribution in [-0.2, 0) is 17.8 Å². The Bertz CT molecular complexity index is 904. The highest BCUT2D eigenvalue weighted by atomic mass is 16.5. The summed E-state index contributed by atoms with van der Waals surface area (Å²) in [5.41, 5.74) is 3.43. The van der Waals surface area contributed by atoms with E-state index in [1.807, 2.05) is 26.0 Å².